The van der Waals surface area contributed by atoms with E-state index in [4.69, 9.17) is 16.3 Å². The summed E-state index contributed by atoms with van der Waals surface area (Å²) in [4.78, 5) is 20.9. The normalized spacial score (nSPS) is 10.0. The number of nitrogens with two attached hydrogens (primary N) is 2. The molecule has 4 N–H and O–H groups in total. The molecule has 1 aromatic carbocycles. The number of para-hydroxylation sites is 1. The quantitative estimate of drug-likeness (QED) is 0.573. The molecule has 0 fully saturated rings. The Morgan fingerprint density at radius 1 is 1.08 bits per heavy atom. The summed E-state index contributed by atoms with van der Waals surface area (Å²) >= 11 is 0. The van der Waals surface area contributed by atoms with Gasteiger partial charge < -0.3 is 21.2 Å². The third-order valence-corrected chi connectivity index (χ3v) is 3.50. The van der Waals surface area contributed by atoms with Crippen LogP contribution >= 0.6 is 24.8 Å². The highest BCUT2D eigenvalue weighted by molar-refractivity contribution is 5.85. The number of fused-ring (bicyclic) bond motifs is 1. The minimum Gasteiger partial charge on any atom is -0.385 e. The molecule has 0 spiro atoms. The second-order valence-electron chi connectivity index (χ2n) is 5.24. The first-order chi connectivity index (χ1) is 11.3. The molecule has 142 valence electrons. The van der Waals surface area contributed by atoms with Gasteiger partial charge in [-0.05, 0) is 49.7 Å². The first-order valence-electron chi connectivity index (χ1n) is 7.88. The number of halogens is 2. The zero-order chi connectivity index (χ0) is 16.5. The maximum absolute atomic E-state index is 12.3. The van der Waals surface area contributed by atoms with E-state index in [1.54, 1.807) is 4.90 Å². The third-order valence-electron chi connectivity index (χ3n) is 3.50. The summed E-state index contributed by atoms with van der Waals surface area (Å²) in [6, 6.07) is 7.42. The van der Waals surface area contributed by atoms with Gasteiger partial charge >= 0.3 is 0 Å². The molecule has 0 aliphatic heterocycles. The fraction of sp³-hybridized carbons (Fsp3) is 0.533. The first-order valence-corrected chi connectivity index (χ1v) is 7.88. The number of nitrogens with zero attached hydrogens (tertiary/aromatic N) is 4. The van der Waals surface area contributed by atoms with E-state index in [-0.39, 0.29) is 37.3 Å². The smallest absolute Gasteiger partial charge is 0.263 e. The molecule has 25 heavy (non-hydrogen) atoms. The van der Waals surface area contributed by atoms with Crippen LogP contribution in [-0.2, 0) is 4.79 Å². The first kappa shape index (κ1) is 23.4. The zero-order valence-corrected chi connectivity index (χ0v) is 15.7. The molecule has 0 aliphatic rings. The van der Waals surface area contributed by atoms with Crippen LogP contribution in [0.3, 0.4) is 0 Å². The molecule has 0 radical (unpaired) electrons. The number of hydrogen-bond acceptors (Lipinski definition) is 6. The van der Waals surface area contributed by atoms with Crippen molar-refractivity contribution in [2.75, 3.05) is 32.8 Å². The fourth-order valence-corrected chi connectivity index (χ4v) is 2.24. The Morgan fingerprint density at radius 3 is 2.48 bits per heavy atom. The SMILES string of the molecule is Cl.Cl.NCCCCN(CCCN)C(=O)COn1nnc2ccccc21. The Balaban J connectivity index is 0.00000288. The van der Waals surface area contributed by atoms with E-state index < -0.39 is 0 Å². The Labute approximate surface area is 159 Å². The molecule has 0 bridgehead atoms. The van der Waals surface area contributed by atoms with Gasteiger partial charge in [0.05, 0.1) is 0 Å². The van der Waals surface area contributed by atoms with Crippen molar-refractivity contribution in [3.05, 3.63) is 24.3 Å². The van der Waals surface area contributed by atoms with Crippen LogP contribution < -0.4 is 16.3 Å². The average molecular weight is 393 g/mol. The predicted molar refractivity (Wildman–Crippen MR) is 102 cm³/mol. The van der Waals surface area contributed by atoms with Crippen molar-refractivity contribution in [1.29, 1.82) is 0 Å². The van der Waals surface area contributed by atoms with Gasteiger partial charge in [-0.3, -0.25) is 4.79 Å². The van der Waals surface area contributed by atoms with Crippen molar-refractivity contribution in [2.24, 2.45) is 11.5 Å². The van der Waals surface area contributed by atoms with Gasteiger partial charge in [-0.15, -0.1) is 29.9 Å². The zero-order valence-electron chi connectivity index (χ0n) is 14.0. The number of carbonyl (C=O) groups excluding carboxylic acids is 1. The average Bonchev–Trinajstić information content (AvgIpc) is 2.99. The number of aromatic nitrogens is 3. The second-order valence-corrected chi connectivity index (χ2v) is 5.24. The van der Waals surface area contributed by atoms with Crippen molar-refractivity contribution >= 4 is 41.8 Å². The summed E-state index contributed by atoms with van der Waals surface area (Å²) in [7, 11) is 0. The fourth-order valence-electron chi connectivity index (χ4n) is 2.24. The Morgan fingerprint density at radius 2 is 1.76 bits per heavy atom. The summed E-state index contributed by atoms with van der Waals surface area (Å²) in [6.07, 6.45) is 2.53. The number of hydrogen-bond donors (Lipinski definition) is 2. The van der Waals surface area contributed by atoms with Crippen LogP contribution in [0, 0.1) is 0 Å². The minimum absolute atomic E-state index is 0. The lowest BCUT2D eigenvalue weighted by molar-refractivity contribution is -0.136. The molecule has 2 aromatic rings. The molecule has 0 aliphatic carbocycles. The predicted octanol–water partition coefficient (Wildman–Crippen LogP) is 0.620. The number of rotatable bonds is 10. The number of carbonyl (C=O) groups is 1. The van der Waals surface area contributed by atoms with Crippen molar-refractivity contribution in [3.8, 4) is 0 Å². The Bertz CT molecular complexity index is 625. The Kier molecular flexibility index (Phi) is 11.9. The lowest BCUT2D eigenvalue weighted by Gasteiger charge is -2.22. The van der Waals surface area contributed by atoms with Gasteiger partial charge in [-0.1, -0.05) is 17.0 Å². The van der Waals surface area contributed by atoms with Gasteiger partial charge in [0.1, 0.15) is 11.0 Å². The summed E-state index contributed by atoms with van der Waals surface area (Å²) in [5, 5.41) is 7.89. The molecule has 0 saturated carbocycles. The van der Waals surface area contributed by atoms with Gasteiger partial charge in [0.15, 0.2) is 6.61 Å². The van der Waals surface area contributed by atoms with E-state index in [0.29, 0.717) is 26.2 Å². The lowest BCUT2D eigenvalue weighted by Crippen LogP contribution is -2.39. The highest BCUT2D eigenvalue weighted by Gasteiger charge is 2.14. The van der Waals surface area contributed by atoms with Gasteiger partial charge in [-0.25, -0.2) is 0 Å². The van der Waals surface area contributed by atoms with E-state index >= 15 is 0 Å². The summed E-state index contributed by atoms with van der Waals surface area (Å²) in [5.74, 6) is -0.0879. The molecule has 1 heterocycles. The lowest BCUT2D eigenvalue weighted by atomic mass is 10.2. The minimum atomic E-state index is -0.0879. The monoisotopic (exact) mass is 392 g/mol. The second kappa shape index (κ2) is 12.7. The van der Waals surface area contributed by atoms with Crippen molar-refractivity contribution < 1.29 is 9.63 Å². The summed E-state index contributed by atoms with van der Waals surface area (Å²) < 4.78 is 0. The largest absolute Gasteiger partial charge is 0.385 e. The van der Waals surface area contributed by atoms with Gasteiger partial charge in [0.25, 0.3) is 5.91 Å². The van der Waals surface area contributed by atoms with Crippen molar-refractivity contribution in [3.63, 3.8) is 0 Å². The molecule has 8 nitrogen and oxygen atoms in total. The van der Waals surface area contributed by atoms with Crippen LogP contribution in [0.2, 0.25) is 0 Å². The van der Waals surface area contributed by atoms with E-state index in [0.717, 1.165) is 30.3 Å². The molecular formula is C15H26Cl2N6O2. The van der Waals surface area contributed by atoms with Crippen LogP contribution in [0.25, 0.3) is 11.0 Å². The molecule has 0 unspecified atom stereocenters. The summed E-state index contributed by atoms with van der Waals surface area (Å²) in [5.41, 5.74) is 12.5. The third kappa shape index (κ3) is 7.03. The topological polar surface area (TPSA) is 112 Å². The van der Waals surface area contributed by atoms with Crippen LogP contribution in [-0.4, -0.2) is 58.8 Å². The van der Waals surface area contributed by atoms with Crippen LogP contribution in [0.4, 0.5) is 0 Å². The standard InChI is InChI=1S/C15H24N6O2.2ClH/c16-8-3-4-10-20(11-5-9-17)15(22)12-23-21-14-7-2-1-6-13(14)18-19-21;;/h1-2,6-7H,3-5,8-12,16-17H2;2*1H. The number of amides is 1. The summed E-state index contributed by atoms with van der Waals surface area (Å²) in [6.45, 7) is 2.38. The van der Waals surface area contributed by atoms with Crippen LogP contribution in [0.15, 0.2) is 24.3 Å². The molecule has 0 saturated heterocycles. The van der Waals surface area contributed by atoms with Gasteiger partial charge in [0.2, 0.25) is 0 Å². The van der Waals surface area contributed by atoms with Gasteiger partial charge in [0, 0.05) is 13.1 Å². The maximum atomic E-state index is 12.3. The van der Waals surface area contributed by atoms with Crippen molar-refractivity contribution in [1.82, 2.24) is 20.1 Å². The molecule has 0 atom stereocenters. The van der Waals surface area contributed by atoms with E-state index in [1.165, 1.54) is 4.85 Å². The Hall–Kier alpha value is -1.61. The van der Waals surface area contributed by atoms with E-state index in [2.05, 4.69) is 10.3 Å². The molecule has 2 rings (SSSR count). The highest BCUT2D eigenvalue weighted by Crippen LogP contribution is 2.08. The molecule has 1 amide bonds. The number of benzene rings is 1. The van der Waals surface area contributed by atoms with E-state index in [9.17, 15) is 4.79 Å². The molecular weight excluding hydrogens is 367 g/mol. The highest BCUT2D eigenvalue weighted by atomic mass is 35.5. The van der Waals surface area contributed by atoms with Gasteiger partial charge in [-0.2, -0.15) is 0 Å². The molecule has 10 heteroatoms. The molecule has 1 aromatic heterocycles. The van der Waals surface area contributed by atoms with Crippen LogP contribution in [0.1, 0.15) is 19.3 Å². The number of unbranched alkanes of at least 4 members (excludes halogenated alkanes) is 1. The van der Waals surface area contributed by atoms with Crippen molar-refractivity contribution in [2.45, 2.75) is 19.3 Å². The van der Waals surface area contributed by atoms with E-state index in [1.807, 2.05) is 24.3 Å². The van der Waals surface area contributed by atoms with Crippen LogP contribution in [0.5, 0.6) is 0 Å². The maximum Gasteiger partial charge on any atom is 0.263 e.